The molecule has 2 heterocycles. The summed E-state index contributed by atoms with van der Waals surface area (Å²) in [5, 5.41) is 3.00. The zero-order valence-corrected chi connectivity index (χ0v) is 15.4. The molecule has 134 valence electrons. The molecule has 0 aliphatic carbocycles. The molecule has 0 radical (unpaired) electrons. The molecule has 0 aliphatic rings. The van der Waals surface area contributed by atoms with E-state index in [4.69, 9.17) is 5.73 Å². The number of nitrogens with one attached hydrogen (secondary N) is 1. The minimum atomic E-state index is -0.0788. The van der Waals surface area contributed by atoms with Gasteiger partial charge in [-0.05, 0) is 49.6 Å². The third-order valence-electron chi connectivity index (χ3n) is 4.68. The van der Waals surface area contributed by atoms with Crippen LogP contribution in [0.4, 0.5) is 5.82 Å². The maximum atomic E-state index is 12.6. The molecule has 3 aromatic rings. The molecule has 0 bridgehead atoms. The molecule has 3 rings (SSSR count). The maximum absolute atomic E-state index is 12.6. The standard InChI is InChI=1S/C21H24N4O/c1-14-11-20(22)24-15(2)19(14)12-23-21(26)18-9-10-25(16(18)3)13-17-7-5-4-6-8-17/h4-11H,12-13H2,1-3H3,(H2,22,24)(H,23,26). The van der Waals surface area contributed by atoms with Gasteiger partial charge in [0.15, 0.2) is 0 Å². The topological polar surface area (TPSA) is 72.9 Å². The summed E-state index contributed by atoms with van der Waals surface area (Å²) in [5.74, 6) is 0.425. The van der Waals surface area contributed by atoms with Gasteiger partial charge in [-0.15, -0.1) is 0 Å². The van der Waals surface area contributed by atoms with E-state index in [1.807, 2.05) is 57.3 Å². The van der Waals surface area contributed by atoms with Crippen molar-refractivity contribution in [2.24, 2.45) is 0 Å². The molecule has 1 amide bonds. The number of aromatic nitrogens is 2. The molecule has 1 aromatic carbocycles. The Morgan fingerprint density at radius 3 is 2.58 bits per heavy atom. The van der Waals surface area contributed by atoms with Crippen molar-refractivity contribution in [3.8, 4) is 0 Å². The number of rotatable bonds is 5. The van der Waals surface area contributed by atoms with Gasteiger partial charge in [0.1, 0.15) is 5.82 Å². The van der Waals surface area contributed by atoms with Crippen LogP contribution in [0.3, 0.4) is 0 Å². The van der Waals surface area contributed by atoms with E-state index >= 15 is 0 Å². The first-order chi connectivity index (χ1) is 12.5. The Bertz CT molecular complexity index is 905. The fourth-order valence-corrected chi connectivity index (χ4v) is 3.16. The average molecular weight is 348 g/mol. The van der Waals surface area contributed by atoms with Crippen molar-refractivity contribution in [2.45, 2.75) is 33.9 Å². The van der Waals surface area contributed by atoms with Crippen molar-refractivity contribution < 1.29 is 4.79 Å². The summed E-state index contributed by atoms with van der Waals surface area (Å²) in [6, 6.07) is 13.9. The molecule has 0 saturated carbocycles. The van der Waals surface area contributed by atoms with Crippen LogP contribution in [-0.2, 0) is 13.1 Å². The molecule has 0 aliphatic heterocycles. The van der Waals surface area contributed by atoms with Gasteiger partial charge in [0.25, 0.3) is 5.91 Å². The zero-order valence-electron chi connectivity index (χ0n) is 15.4. The zero-order chi connectivity index (χ0) is 18.7. The van der Waals surface area contributed by atoms with E-state index in [0.29, 0.717) is 17.9 Å². The van der Waals surface area contributed by atoms with E-state index in [2.05, 4.69) is 27.0 Å². The number of pyridine rings is 1. The van der Waals surface area contributed by atoms with Crippen LogP contribution in [0.2, 0.25) is 0 Å². The summed E-state index contributed by atoms with van der Waals surface area (Å²) in [5.41, 5.74) is 11.5. The quantitative estimate of drug-likeness (QED) is 0.742. The van der Waals surface area contributed by atoms with Crippen molar-refractivity contribution in [3.05, 3.63) is 82.3 Å². The second-order valence-electron chi connectivity index (χ2n) is 6.54. The van der Waals surface area contributed by atoms with Crippen LogP contribution in [0, 0.1) is 20.8 Å². The highest BCUT2D eigenvalue weighted by atomic mass is 16.1. The molecule has 0 spiro atoms. The van der Waals surface area contributed by atoms with E-state index in [9.17, 15) is 4.79 Å². The Morgan fingerprint density at radius 2 is 1.88 bits per heavy atom. The molecule has 0 atom stereocenters. The Balaban J connectivity index is 1.71. The average Bonchev–Trinajstić information content (AvgIpc) is 2.95. The number of carbonyl (C=O) groups excluding carboxylic acids is 1. The first kappa shape index (κ1) is 17.7. The third kappa shape index (κ3) is 3.77. The molecular formula is C21H24N4O. The van der Waals surface area contributed by atoms with Gasteiger partial charge in [0.2, 0.25) is 0 Å². The molecule has 2 aromatic heterocycles. The van der Waals surface area contributed by atoms with Crippen molar-refractivity contribution in [1.29, 1.82) is 0 Å². The highest BCUT2D eigenvalue weighted by Gasteiger charge is 2.14. The lowest BCUT2D eigenvalue weighted by atomic mass is 10.1. The van der Waals surface area contributed by atoms with Gasteiger partial charge in [0.05, 0.1) is 5.56 Å². The number of hydrogen-bond acceptors (Lipinski definition) is 3. The van der Waals surface area contributed by atoms with Crippen LogP contribution < -0.4 is 11.1 Å². The van der Waals surface area contributed by atoms with Gasteiger partial charge in [-0.25, -0.2) is 4.98 Å². The molecule has 0 unspecified atom stereocenters. The minimum Gasteiger partial charge on any atom is -0.384 e. The lowest BCUT2D eigenvalue weighted by molar-refractivity contribution is 0.0950. The summed E-state index contributed by atoms with van der Waals surface area (Å²) in [6.07, 6.45) is 1.96. The molecule has 0 fully saturated rings. The lowest BCUT2D eigenvalue weighted by Crippen LogP contribution is -2.24. The number of aryl methyl sites for hydroxylation is 2. The number of amides is 1. The van der Waals surface area contributed by atoms with Gasteiger partial charge in [-0.2, -0.15) is 0 Å². The maximum Gasteiger partial charge on any atom is 0.253 e. The van der Waals surface area contributed by atoms with Gasteiger partial charge in [0, 0.05) is 30.7 Å². The lowest BCUT2D eigenvalue weighted by Gasteiger charge is -2.12. The molecule has 3 N–H and O–H groups in total. The number of nitrogens with zero attached hydrogens (tertiary/aromatic N) is 2. The van der Waals surface area contributed by atoms with Gasteiger partial charge in [-0.3, -0.25) is 4.79 Å². The van der Waals surface area contributed by atoms with Crippen LogP contribution >= 0.6 is 0 Å². The number of benzene rings is 1. The summed E-state index contributed by atoms with van der Waals surface area (Å²) < 4.78 is 2.09. The number of hydrogen-bond donors (Lipinski definition) is 2. The van der Waals surface area contributed by atoms with Crippen LogP contribution in [-0.4, -0.2) is 15.5 Å². The van der Waals surface area contributed by atoms with Crippen LogP contribution in [0.25, 0.3) is 0 Å². The van der Waals surface area contributed by atoms with E-state index in [1.165, 1.54) is 5.56 Å². The van der Waals surface area contributed by atoms with E-state index in [-0.39, 0.29) is 5.91 Å². The summed E-state index contributed by atoms with van der Waals surface area (Å²) in [6.45, 7) is 7.05. The van der Waals surface area contributed by atoms with E-state index in [1.54, 1.807) is 0 Å². The molecular weight excluding hydrogens is 324 g/mol. The van der Waals surface area contributed by atoms with Crippen molar-refractivity contribution in [3.63, 3.8) is 0 Å². The second kappa shape index (κ2) is 7.44. The first-order valence-electron chi connectivity index (χ1n) is 8.66. The van der Waals surface area contributed by atoms with Crippen LogP contribution in [0.1, 0.15) is 38.4 Å². The number of carbonyl (C=O) groups is 1. The molecule has 26 heavy (non-hydrogen) atoms. The van der Waals surface area contributed by atoms with Crippen molar-refractivity contribution >= 4 is 11.7 Å². The molecule has 5 nitrogen and oxygen atoms in total. The van der Waals surface area contributed by atoms with Crippen LogP contribution in [0.5, 0.6) is 0 Å². The Hall–Kier alpha value is -3.08. The summed E-state index contributed by atoms with van der Waals surface area (Å²) in [7, 11) is 0. The fraction of sp³-hybridized carbons (Fsp3) is 0.238. The number of nitrogen functional groups attached to an aromatic ring is 1. The molecule has 0 saturated heterocycles. The van der Waals surface area contributed by atoms with E-state index in [0.717, 1.165) is 29.1 Å². The number of nitrogens with two attached hydrogens (primary N) is 1. The third-order valence-corrected chi connectivity index (χ3v) is 4.68. The second-order valence-corrected chi connectivity index (χ2v) is 6.54. The Kier molecular flexibility index (Phi) is 5.07. The summed E-state index contributed by atoms with van der Waals surface area (Å²) >= 11 is 0. The highest BCUT2D eigenvalue weighted by Crippen LogP contribution is 2.16. The Morgan fingerprint density at radius 1 is 1.15 bits per heavy atom. The van der Waals surface area contributed by atoms with Gasteiger partial charge < -0.3 is 15.6 Å². The largest absolute Gasteiger partial charge is 0.384 e. The Labute approximate surface area is 153 Å². The van der Waals surface area contributed by atoms with Crippen LogP contribution in [0.15, 0.2) is 48.7 Å². The minimum absolute atomic E-state index is 0.0788. The molecule has 5 heteroatoms. The van der Waals surface area contributed by atoms with Gasteiger partial charge in [-0.1, -0.05) is 30.3 Å². The monoisotopic (exact) mass is 348 g/mol. The normalized spacial score (nSPS) is 10.7. The van der Waals surface area contributed by atoms with E-state index < -0.39 is 0 Å². The van der Waals surface area contributed by atoms with Gasteiger partial charge >= 0.3 is 0 Å². The fourth-order valence-electron chi connectivity index (χ4n) is 3.16. The first-order valence-corrected chi connectivity index (χ1v) is 8.66. The number of anilines is 1. The predicted molar refractivity (Wildman–Crippen MR) is 104 cm³/mol. The predicted octanol–water partition coefficient (Wildman–Crippen LogP) is 3.37. The smallest absolute Gasteiger partial charge is 0.253 e. The summed E-state index contributed by atoms with van der Waals surface area (Å²) in [4.78, 5) is 16.9. The highest BCUT2D eigenvalue weighted by molar-refractivity contribution is 5.95. The van der Waals surface area contributed by atoms with Crippen molar-refractivity contribution in [2.75, 3.05) is 5.73 Å². The SMILES string of the molecule is Cc1cc(N)nc(C)c1CNC(=O)c1ccn(Cc2ccccc2)c1C. The van der Waals surface area contributed by atoms with Crippen molar-refractivity contribution in [1.82, 2.24) is 14.9 Å².